The first-order valence-electron chi connectivity index (χ1n) is 20.6. The average molecular weight is 793 g/mol. The van der Waals surface area contributed by atoms with Gasteiger partial charge in [0.05, 0.1) is 0 Å². The van der Waals surface area contributed by atoms with Gasteiger partial charge in [-0.1, -0.05) is 218 Å². The second-order valence-corrected chi connectivity index (χ2v) is 15.1. The van der Waals surface area contributed by atoms with Crippen LogP contribution in [0.1, 0.15) is 0 Å². The molecule has 290 valence electrons. The Morgan fingerprint density at radius 2 is 0.419 bits per heavy atom. The highest BCUT2D eigenvalue weighted by Crippen LogP contribution is 2.38. The summed E-state index contributed by atoms with van der Waals surface area (Å²) in [5.41, 5.74) is 10.1. The van der Waals surface area contributed by atoms with Crippen molar-refractivity contribution in [2.24, 2.45) is 0 Å². The van der Waals surface area contributed by atoms with Gasteiger partial charge in [-0.2, -0.15) is 0 Å². The van der Waals surface area contributed by atoms with Crippen LogP contribution in [0.2, 0.25) is 0 Å². The lowest BCUT2D eigenvalue weighted by molar-refractivity contribution is 1.08. The first kappa shape index (κ1) is 36.6. The van der Waals surface area contributed by atoms with E-state index in [1.165, 1.54) is 0 Å². The predicted octanol–water partition coefficient (Wildman–Crippen LogP) is 13.7. The lowest BCUT2D eigenvalue weighted by Gasteiger charge is -2.14. The van der Waals surface area contributed by atoms with Gasteiger partial charge < -0.3 is 0 Å². The van der Waals surface area contributed by atoms with Crippen LogP contribution in [0.5, 0.6) is 0 Å². The Kier molecular flexibility index (Phi) is 9.41. The Morgan fingerprint density at radius 1 is 0.161 bits per heavy atom. The summed E-state index contributed by atoms with van der Waals surface area (Å²) < 4.78 is 0. The van der Waals surface area contributed by atoms with E-state index in [1.807, 2.05) is 72.8 Å². The van der Waals surface area contributed by atoms with Gasteiger partial charge in [0, 0.05) is 33.4 Å². The maximum absolute atomic E-state index is 5.15. The summed E-state index contributed by atoms with van der Waals surface area (Å²) in [4.78, 5) is 30.5. The van der Waals surface area contributed by atoms with Crippen molar-refractivity contribution >= 4 is 21.5 Å². The first-order chi connectivity index (χ1) is 30.7. The molecule has 62 heavy (non-hydrogen) atoms. The monoisotopic (exact) mass is 792 g/mol. The molecule has 0 spiro atoms. The summed E-state index contributed by atoms with van der Waals surface area (Å²) in [5, 5.41) is 4.22. The fourth-order valence-corrected chi connectivity index (χ4v) is 8.08. The zero-order valence-electron chi connectivity index (χ0n) is 33.5. The minimum atomic E-state index is 0.606. The van der Waals surface area contributed by atoms with Crippen LogP contribution in [-0.4, -0.2) is 29.9 Å². The lowest BCUT2D eigenvalue weighted by atomic mass is 9.95. The zero-order chi connectivity index (χ0) is 41.2. The van der Waals surface area contributed by atoms with Gasteiger partial charge in [-0.3, -0.25) is 0 Å². The maximum Gasteiger partial charge on any atom is 0.164 e. The molecule has 2 heterocycles. The molecule has 0 unspecified atom stereocenters. The molecule has 6 nitrogen and oxygen atoms in total. The van der Waals surface area contributed by atoms with Gasteiger partial charge in [0.15, 0.2) is 34.9 Å². The molecule has 0 saturated carbocycles. The van der Waals surface area contributed by atoms with E-state index in [4.69, 9.17) is 29.9 Å². The molecular weight excluding hydrogens is 757 g/mol. The molecule has 11 rings (SSSR count). The topological polar surface area (TPSA) is 77.3 Å². The van der Waals surface area contributed by atoms with Gasteiger partial charge in [-0.25, -0.2) is 29.9 Å². The summed E-state index contributed by atoms with van der Waals surface area (Å²) in [6.07, 6.45) is 0. The molecule has 0 amide bonds. The molecular formula is C56H36N6. The highest BCUT2D eigenvalue weighted by Gasteiger charge is 2.18. The first-order valence-corrected chi connectivity index (χ1v) is 20.6. The Bertz CT molecular complexity index is 3130. The van der Waals surface area contributed by atoms with Crippen LogP contribution < -0.4 is 0 Å². The molecule has 9 aromatic carbocycles. The van der Waals surface area contributed by atoms with Gasteiger partial charge in [0.25, 0.3) is 0 Å². The van der Waals surface area contributed by atoms with Gasteiger partial charge in [0.1, 0.15) is 0 Å². The molecule has 6 heteroatoms. The van der Waals surface area contributed by atoms with Crippen molar-refractivity contribution in [3.05, 3.63) is 218 Å². The molecule has 0 aliphatic heterocycles. The SMILES string of the molecule is c1ccc(-c2ccc(-c3nc(-c4ccccc4)nc(-c4cccc5c4ccc4c(-c6nc(-c7ccccc7)nc(-c7ccc(-c8ccccc8)cc7)n6)cccc45)n3)cc2)cc1. The fraction of sp³-hybridized carbons (Fsp3) is 0. The van der Waals surface area contributed by atoms with Crippen LogP contribution in [-0.2, 0) is 0 Å². The summed E-state index contributed by atoms with van der Waals surface area (Å²) in [6.45, 7) is 0. The van der Waals surface area contributed by atoms with Crippen molar-refractivity contribution in [2.45, 2.75) is 0 Å². The Morgan fingerprint density at radius 3 is 0.758 bits per heavy atom. The molecule has 0 fully saturated rings. The number of nitrogens with zero attached hydrogens (tertiary/aromatic N) is 6. The van der Waals surface area contributed by atoms with Crippen molar-refractivity contribution in [3.8, 4) is 90.6 Å². The molecule has 0 bridgehead atoms. The van der Waals surface area contributed by atoms with Crippen molar-refractivity contribution in [2.75, 3.05) is 0 Å². The molecule has 0 radical (unpaired) electrons. The summed E-state index contributed by atoms with van der Waals surface area (Å²) >= 11 is 0. The molecule has 0 atom stereocenters. The van der Waals surface area contributed by atoms with Gasteiger partial charge >= 0.3 is 0 Å². The third-order valence-electron chi connectivity index (χ3n) is 11.2. The van der Waals surface area contributed by atoms with Crippen LogP contribution >= 0.6 is 0 Å². The number of hydrogen-bond donors (Lipinski definition) is 0. The minimum Gasteiger partial charge on any atom is -0.208 e. The number of hydrogen-bond acceptors (Lipinski definition) is 6. The maximum atomic E-state index is 5.15. The third-order valence-corrected chi connectivity index (χ3v) is 11.2. The van der Waals surface area contributed by atoms with Crippen LogP contribution in [0.25, 0.3) is 112 Å². The van der Waals surface area contributed by atoms with Gasteiger partial charge in [0.2, 0.25) is 0 Å². The van der Waals surface area contributed by atoms with E-state index < -0.39 is 0 Å². The summed E-state index contributed by atoms with van der Waals surface area (Å²) in [6, 6.07) is 74.8. The highest BCUT2D eigenvalue weighted by molar-refractivity contribution is 6.14. The fourth-order valence-electron chi connectivity index (χ4n) is 8.08. The quantitative estimate of drug-likeness (QED) is 0.143. The second kappa shape index (κ2) is 15.9. The summed E-state index contributed by atoms with van der Waals surface area (Å²) in [7, 11) is 0. The smallest absolute Gasteiger partial charge is 0.164 e. The normalized spacial score (nSPS) is 11.2. The van der Waals surface area contributed by atoms with Crippen LogP contribution in [0, 0.1) is 0 Å². The molecule has 2 aromatic heterocycles. The van der Waals surface area contributed by atoms with Crippen molar-refractivity contribution < 1.29 is 0 Å². The van der Waals surface area contributed by atoms with Crippen molar-refractivity contribution in [1.29, 1.82) is 0 Å². The Hall–Kier alpha value is -8.48. The van der Waals surface area contributed by atoms with Crippen molar-refractivity contribution in [3.63, 3.8) is 0 Å². The van der Waals surface area contributed by atoms with Crippen LogP contribution in [0.4, 0.5) is 0 Å². The second-order valence-electron chi connectivity index (χ2n) is 15.1. The van der Waals surface area contributed by atoms with Gasteiger partial charge in [-0.15, -0.1) is 0 Å². The van der Waals surface area contributed by atoms with Crippen LogP contribution in [0.15, 0.2) is 218 Å². The zero-order valence-corrected chi connectivity index (χ0v) is 33.5. The molecule has 0 aliphatic rings. The number of benzene rings is 9. The molecule has 0 saturated heterocycles. The van der Waals surface area contributed by atoms with Crippen LogP contribution in [0.3, 0.4) is 0 Å². The largest absolute Gasteiger partial charge is 0.208 e. The predicted molar refractivity (Wildman–Crippen MR) is 252 cm³/mol. The van der Waals surface area contributed by atoms with Gasteiger partial charge in [-0.05, 0) is 43.8 Å². The summed E-state index contributed by atoms with van der Waals surface area (Å²) in [5.74, 6) is 3.68. The number of aromatic nitrogens is 6. The van der Waals surface area contributed by atoms with E-state index in [-0.39, 0.29) is 0 Å². The van der Waals surface area contributed by atoms with E-state index in [1.54, 1.807) is 0 Å². The average Bonchev–Trinajstić information content (AvgIpc) is 3.37. The third kappa shape index (κ3) is 7.06. The van der Waals surface area contributed by atoms with E-state index in [0.29, 0.717) is 34.9 Å². The van der Waals surface area contributed by atoms with E-state index in [9.17, 15) is 0 Å². The van der Waals surface area contributed by atoms with E-state index >= 15 is 0 Å². The lowest BCUT2D eigenvalue weighted by Crippen LogP contribution is -2.01. The Labute approximate surface area is 359 Å². The molecule has 11 aromatic rings. The number of fused-ring (bicyclic) bond motifs is 3. The Balaban J connectivity index is 1.03. The standard InChI is InChI=1S/C56H36N6/c1-5-15-37(16-6-1)39-27-31-43(32-28-39)53-57-51(41-19-9-3-10-20-41)59-55(61-53)49-25-13-23-45-46-24-14-26-50(48(46)36-35-47(45)49)56-60-52(42-21-11-4-12-22-42)58-54(62-56)44-33-29-40(30-34-44)38-17-7-2-8-18-38/h1-36H. The highest BCUT2D eigenvalue weighted by atomic mass is 15.0. The van der Waals surface area contributed by atoms with E-state index in [0.717, 1.165) is 77.2 Å². The molecule has 0 N–H and O–H groups in total. The minimum absolute atomic E-state index is 0.606. The van der Waals surface area contributed by atoms with Crippen molar-refractivity contribution in [1.82, 2.24) is 29.9 Å². The molecule has 0 aliphatic carbocycles. The number of rotatable bonds is 8. The van der Waals surface area contributed by atoms with E-state index in [2.05, 4.69) is 146 Å².